The number of nitrogens with one attached hydrogen (secondary N) is 1. The van der Waals surface area contributed by atoms with E-state index in [-0.39, 0.29) is 5.91 Å². The average Bonchev–Trinajstić information content (AvgIpc) is 3.47. The third kappa shape index (κ3) is 5.34. The lowest BCUT2D eigenvalue weighted by atomic mass is 10.0. The van der Waals surface area contributed by atoms with Crippen LogP contribution < -0.4 is 5.43 Å². The molecule has 5 rings (SSSR count). The van der Waals surface area contributed by atoms with E-state index in [2.05, 4.69) is 109 Å². The number of hydrogen-bond acceptors (Lipinski definition) is 2. The van der Waals surface area contributed by atoms with Crippen molar-refractivity contribution in [3.63, 3.8) is 0 Å². The van der Waals surface area contributed by atoms with Gasteiger partial charge in [-0.1, -0.05) is 56.3 Å². The summed E-state index contributed by atoms with van der Waals surface area (Å²) in [5.74, 6) is 0.251. The van der Waals surface area contributed by atoms with E-state index in [1.54, 1.807) is 6.21 Å². The van der Waals surface area contributed by atoms with E-state index in [1.165, 1.54) is 5.56 Å². The standard InChI is InChI=1S/C34H34N4O/c1-23(2)27-12-16-31(17-13-27)37-25(4)21-30(26(37)5)22-35-36-34(39)29-14-18-32(19-15-29)38-24(3)11-20-33(38)28-9-7-6-8-10-28/h6-23H,1-5H3,(H,36,39)/b35-22+. The Bertz CT molecular complexity index is 1620. The molecule has 0 aliphatic rings. The van der Waals surface area contributed by atoms with Crippen molar-refractivity contribution < 1.29 is 4.79 Å². The van der Waals surface area contributed by atoms with Gasteiger partial charge in [-0.25, -0.2) is 5.43 Å². The number of hydrazone groups is 1. The molecular weight excluding hydrogens is 480 g/mol. The van der Waals surface area contributed by atoms with Gasteiger partial charge in [0.1, 0.15) is 0 Å². The second-order valence-electron chi connectivity index (χ2n) is 10.2. The third-order valence-electron chi connectivity index (χ3n) is 7.19. The topological polar surface area (TPSA) is 51.3 Å². The molecular formula is C34H34N4O. The minimum atomic E-state index is -0.247. The molecule has 0 radical (unpaired) electrons. The summed E-state index contributed by atoms with van der Waals surface area (Å²) >= 11 is 0. The quantitative estimate of drug-likeness (QED) is 0.175. The zero-order valence-electron chi connectivity index (χ0n) is 23.1. The normalized spacial score (nSPS) is 11.4. The van der Waals surface area contributed by atoms with Crippen molar-refractivity contribution in [3.05, 3.63) is 131 Å². The SMILES string of the molecule is Cc1ccc(-c2ccccc2)n1-c1ccc(C(=O)N/N=C/c2cc(C)n(-c3ccc(C(C)C)cc3)c2C)cc1. The Morgan fingerprint density at radius 1 is 0.769 bits per heavy atom. The van der Waals surface area contributed by atoms with Crippen LogP contribution >= 0.6 is 0 Å². The Labute approximate surface area is 230 Å². The van der Waals surface area contributed by atoms with Gasteiger partial charge < -0.3 is 9.13 Å². The first-order valence-corrected chi connectivity index (χ1v) is 13.3. The van der Waals surface area contributed by atoms with E-state index in [1.807, 2.05) is 42.5 Å². The van der Waals surface area contributed by atoms with Crippen LogP contribution in [-0.4, -0.2) is 21.3 Å². The molecule has 0 atom stereocenters. The summed E-state index contributed by atoms with van der Waals surface area (Å²) in [5, 5.41) is 4.26. The van der Waals surface area contributed by atoms with Crippen LogP contribution in [0.5, 0.6) is 0 Å². The largest absolute Gasteiger partial charge is 0.318 e. The summed E-state index contributed by atoms with van der Waals surface area (Å²) in [5.41, 5.74) is 13.2. The highest BCUT2D eigenvalue weighted by atomic mass is 16.2. The van der Waals surface area contributed by atoms with Crippen molar-refractivity contribution in [2.45, 2.75) is 40.5 Å². The van der Waals surface area contributed by atoms with Gasteiger partial charge in [0.2, 0.25) is 0 Å². The number of aromatic nitrogens is 2. The van der Waals surface area contributed by atoms with Crippen molar-refractivity contribution >= 4 is 12.1 Å². The summed E-state index contributed by atoms with van der Waals surface area (Å²) in [6, 6.07) is 32.9. The monoisotopic (exact) mass is 514 g/mol. The summed E-state index contributed by atoms with van der Waals surface area (Å²) < 4.78 is 4.40. The number of carbonyl (C=O) groups is 1. The number of aryl methyl sites for hydroxylation is 2. The predicted octanol–water partition coefficient (Wildman–Crippen LogP) is 7.75. The Morgan fingerprint density at radius 2 is 1.41 bits per heavy atom. The van der Waals surface area contributed by atoms with Gasteiger partial charge in [-0.15, -0.1) is 0 Å². The average molecular weight is 515 g/mol. The van der Waals surface area contributed by atoms with Gasteiger partial charge in [-0.3, -0.25) is 4.79 Å². The molecule has 5 nitrogen and oxygen atoms in total. The van der Waals surface area contributed by atoms with E-state index >= 15 is 0 Å². The molecule has 0 unspecified atom stereocenters. The van der Waals surface area contributed by atoms with Gasteiger partial charge >= 0.3 is 0 Å². The summed E-state index contributed by atoms with van der Waals surface area (Å²) in [7, 11) is 0. The molecule has 5 aromatic rings. The lowest BCUT2D eigenvalue weighted by Gasteiger charge is -2.12. The van der Waals surface area contributed by atoms with Crippen LogP contribution in [0.3, 0.4) is 0 Å². The number of benzene rings is 3. The number of hydrogen-bond donors (Lipinski definition) is 1. The van der Waals surface area contributed by atoms with E-state index in [4.69, 9.17) is 0 Å². The highest BCUT2D eigenvalue weighted by molar-refractivity contribution is 5.95. The van der Waals surface area contributed by atoms with Gasteiger partial charge in [-0.05, 0) is 92.4 Å². The molecule has 0 fully saturated rings. The third-order valence-corrected chi connectivity index (χ3v) is 7.19. The summed E-state index contributed by atoms with van der Waals surface area (Å²) in [6.45, 7) is 10.6. The van der Waals surface area contributed by atoms with Gasteiger partial charge in [0.15, 0.2) is 0 Å². The van der Waals surface area contributed by atoms with Crippen molar-refractivity contribution in [1.29, 1.82) is 0 Å². The minimum Gasteiger partial charge on any atom is -0.318 e. The second-order valence-corrected chi connectivity index (χ2v) is 10.2. The van der Waals surface area contributed by atoms with Crippen LogP contribution in [0.25, 0.3) is 22.6 Å². The predicted molar refractivity (Wildman–Crippen MR) is 160 cm³/mol. The number of nitrogens with zero attached hydrogens (tertiary/aromatic N) is 3. The minimum absolute atomic E-state index is 0.247. The maximum atomic E-state index is 12.8. The molecule has 2 aromatic heterocycles. The van der Waals surface area contributed by atoms with E-state index in [0.717, 1.165) is 45.3 Å². The van der Waals surface area contributed by atoms with Gasteiger partial charge in [0.25, 0.3) is 5.91 Å². The molecule has 1 N–H and O–H groups in total. The molecule has 0 aliphatic heterocycles. The number of carbonyl (C=O) groups excluding carboxylic acids is 1. The van der Waals surface area contributed by atoms with Crippen molar-refractivity contribution in [1.82, 2.24) is 14.6 Å². The van der Waals surface area contributed by atoms with Crippen molar-refractivity contribution in [2.75, 3.05) is 0 Å². The van der Waals surface area contributed by atoms with Gasteiger partial charge in [-0.2, -0.15) is 5.10 Å². The van der Waals surface area contributed by atoms with Crippen LogP contribution in [0.4, 0.5) is 0 Å². The molecule has 0 saturated heterocycles. The van der Waals surface area contributed by atoms with E-state index in [0.29, 0.717) is 11.5 Å². The van der Waals surface area contributed by atoms with Crippen LogP contribution in [0, 0.1) is 20.8 Å². The van der Waals surface area contributed by atoms with Crippen LogP contribution in [0.2, 0.25) is 0 Å². The molecule has 3 aromatic carbocycles. The highest BCUT2D eigenvalue weighted by Gasteiger charge is 2.12. The molecule has 0 aliphatic carbocycles. The maximum Gasteiger partial charge on any atom is 0.271 e. The molecule has 0 bridgehead atoms. The smallest absolute Gasteiger partial charge is 0.271 e. The van der Waals surface area contributed by atoms with Crippen LogP contribution in [-0.2, 0) is 0 Å². The fourth-order valence-electron chi connectivity index (χ4n) is 5.03. The molecule has 1 amide bonds. The second kappa shape index (κ2) is 11.0. The van der Waals surface area contributed by atoms with Crippen molar-refractivity contribution in [3.8, 4) is 22.6 Å². The number of amides is 1. The molecule has 0 spiro atoms. The molecule has 0 saturated carbocycles. The molecule has 2 heterocycles. The Morgan fingerprint density at radius 3 is 2.08 bits per heavy atom. The first kappa shape index (κ1) is 26.0. The van der Waals surface area contributed by atoms with E-state index < -0.39 is 0 Å². The van der Waals surface area contributed by atoms with Gasteiger partial charge in [0, 0.05) is 39.6 Å². The maximum absolute atomic E-state index is 12.8. The first-order chi connectivity index (χ1) is 18.8. The summed E-state index contributed by atoms with van der Waals surface area (Å²) in [6.07, 6.45) is 1.71. The van der Waals surface area contributed by atoms with E-state index in [9.17, 15) is 4.79 Å². The molecule has 5 heteroatoms. The van der Waals surface area contributed by atoms with Gasteiger partial charge in [0.05, 0.1) is 11.9 Å². The van der Waals surface area contributed by atoms with Crippen molar-refractivity contribution in [2.24, 2.45) is 5.10 Å². The lowest BCUT2D eigenvalue weighted by Crippen LogP contribution is -2.17. The fourth-order valence-corrected chi connectivity index (χ4v) is 5.03. The Kier molecular flexibility index (Phi) is 7.33. The highest BCUT2D eigenvalue weighted by Crippen LogP contribution is 2.27. The zero-order valence-corrected chi connectivity index (χ0v) is 23.1. The number of rotatable bonds is 7. The fraction of sp³-hybridized carbons (Fsp3) is 0.176. The lowest BCUT2D eigenvalue weighted by molar-refractivity contribution is 0.0955. The van der Waals surface area contributed by atoms with Crippen LogP contribution in [0.1, 0.15) is 58.3 Å². The zero-order chi connectivity index (χ0) is 27.5. The van der Waals surface area contributed by atoms with Crippen LogP contribution in [0.15, 0.2) is 102 Å². The molecule has 196 valence electrons. The summed E-state index contributed by atoms with van der Waals surface area (Å²) in [4.78, 5) is 12.8. The Balaban J connectivity index is 1.29. The molecule has 39 heavy (non-hydrogen) atoms. The first-order valence-electron chi connectivity index (χ1n) is 13.3. The Hall–Kier alpha value is -4.64.